The van der Waals surface area contributed by atoms with Crippen LogP contribution in [0.2, 0.25) is 0 Å². The summed E-state index contributed by atoms with van der Waals surface area (Å²) in [6.45, 7) is 5.46. The predicted octanol–water partition coefficient (Wildman–Crippen LogP) is 4.43. The van der Waals surface area contributed by atoms with Crippen molar-refractivity contribution in [2.75, 3.05) is 24.8 Å². The number of hydrogen-bond acceptors (Lipinski definition) is 5. The zero-order chi connectivity index (χ0) is 24.1. The van der Waals surface area contributed by atoms with Gasteiger partial charge in [-0.25, -0.2) is 9.59 Å². The van der Waals surface area contributed by atoms with Gasteiger partial charge in [-0.2, -0.15) is 0 Å². The minimum absolute atomic E-state index is 0.243. The zero-order valence-corrected chi connectivity index (χ0v) is 20.1. The number of anilines is 2. The number of ether oxygens (including phenoxy) is 2. The zero-order valence-electron chi connectivity index (χ0n) is 19.3. The third kappa shape index (κ3) is 5.81. The van der Waals surface area contributed by atoms with E-state index in [4.69, 9.17) is 21.7 Å². The van der Waals surface area contributed by atoms with Gasteiger partial charge in [-0.1, -0.05) is 18.2 Å². The number of hydrogen-bond donors (Lipinski definition) is 3. The first-order valence-corrected chi connectivity index (χ1v) is 10.9. The molecule has 1 atom stereocenters. The van der Waals surface area contributed by atoms with Crippen molar-refractivity contribution in [3.8, 4) is 5.75 Å². The van der Waals surface area contributed by atoms with Crippen molar-refractivity contribution in [2.45, 2.75) is 32.9 Å². The van der Waals surface area contributed by atoms with E-state index in [-0.39, 0.29) is 12.1 Å². The summed E-state index contributed by atoms with van der Waals surface area (Å²) in [6, 6.07) is 13.5. The lowest BCUT2D eigenvalue weighted by atomic mass is 9.95. The van der Waals surface area contributed by atoms with Crippen LogP contribution < -0.4 is 20.7 Å². The molecule has 0 unspecified atom stereocenters. The van der Waals surface area contributed by atoms with Gasteiger partial charge in [0.2, 0.25) is 0 Å². The van der Waals surface area contributed by atoms with Crippen LogP contribution in [0.3, 0.4) is 0 Å². The van der Waals surface area contributed by atoms with Crippen LogP contribution in [0.1, 0.15) is 32.4 Å². The summed E-state index contributed by atoms with van der Waals surface area (Å²) >= 11 is 5.43. The van der Waals surface area contributed by atoms with Crippen LogP contribution >= 0.6 is 12.2 Å². The number of thiocarbonyl (C=S) groups is 1. The fourth-order valence-electron chi connectivity index (χ4n) is 3.38. The molecule has 0 radical (unpaired) electrons. The highest BCUT2D eigenvalue weighted by Crippen LogP contribution is 2.31. The lowest BCUT2D eigenvalue weighted by Crippen LogP contribution is -2.46. The SMILES string of the molecule is COc1cccc(NC(=O)Nc2ccc([C@H]3NC(=S)N(C)C(C)=C3C(=O)OC(C)C)cc2)c1. The van der Waals surface area contributed by atoms with E-state index in [1.54, 1.807) is 55.5 Å². The summed E-state index contributed by atoms with van der Waals surface area (Å²) in [5.74, 6) is 0.255. The topological polar surface area (TPSA) is 91.9 Å². The molecule has 174 valence electrons. The van der Waals surface area contributed by atoms with E-state index in [0.717, 1.165) is 11.3 Å². The molecule has 0 fully saturated rings. The molecule has 0 spiro atoms. The Morgan fingerprint density at radius 3 is 2.39 bits per heavy atom. The fourth-order valence-corrected chi connectivity index (χ4v) is 3.64. The van der Waals surface area contributed by atoms with Gasteiger partial charge in [0.15, 0.2) is 5.11 Å². The Balaban J connectivity index is 1.76. The number of methoxy groups -OCH3 is 1. The first-order valence-electron chi connectivity index (χ1n) is 10.5. The van der Waals surface area contributed by atoms with E-state index in [1.165, 1.54) is 0 Å². The number of nitrogens with zero attached hydrogens (tertiary/aromatic N) is 1. The highest BCUT2D eigenvalue weighted by Gasteiger charge is 2.33. The summed E-state index contributed by atoms with van der Waals surface area (Å²) in [5.41, 5.74) is 3.26. The van der Waals surface area contributed by atoms with Crippen molar-refractivity contribution in [3.05, 3.63) is 65.4 Å². The fraction of sp³-hybridized carbons (Fsp3) is 0.292. The molecule has 33 heavy (non-hydrogen) atoms. The number of benzene rings is 2. The Morgan fingerprint density at radius 1 is 1.09 bits per heavy atom. The second-order valence-corrected chi connectivity index (χ2v) is 8.21. The lowest BCUT2D eigenvalue weighted by Gasteiger charge is -2.35. The number of nitrogens with one attached hydrogen (secondary N) is 3. The second-order valence-electron chi connectivity index (χ2n) is 7.83. The Labute approximate surface area is 198 Å². The number of carbonyl (C=O) groups excluding carboxylic acids is 2. The number of esters is 1. The molecule has 0 saturated carbocycles. The quantitative estimate of drug-likeness (QED) is 0.427. The minimum Gasteiger partial charge on any atom is -0.497 e. The molecule has 3 rings (SSSR count). The molecule has 1 aliphatic heterocycles. The number of rotatable bonds is 6. The second kappa shape index (κ2) is 10.4. The summed E-state index contributed by atoms with van der Waals surface area (Å²) in [5, 5.41) is 9.28. The lowest BCUT2D eigenvalue weighted by molar-refractivity contribution is -0.143. The molecule has 9 heteroatoms. The van der Waals surface area contributed by atoms with Gasteiger partial charge >= 0.3 is 12.0 Å². The first kappa shape index (κ1) is 24.1. The van der Waals surface area contributed by atoms with Crippen molar-refractivity contribution < 1.29 is 19.1 Å². The van der Waals surface area contributed by atoms with Crippen LogP contribution in [0.4, 0.5) is 16.2 Å². The third-order valence-corrected chi connectivity index (χ3v) is 5.54. The number of urea groups is 1. The minimum atomic E-state index is -0.459. The van der Waals surface area contributed by atoms with Gasteiger partial charge < -0.3 is 30.3 Å². The molecule has 3 N–H and O–H groups in total. The summed E-state index contributed by atoms with van der Waals surface area (Å²) in [7, 11) is 3.37. The standard InChI is InChI=1S/C24H28N4O4S/c1-14(2)32-22(29)20-15(3)28(4)24(33)27-21(20)16-9-11-17(12-10-16)25-23(30)26-18-7-6-8-19(13-18)31-5/h6-14,21H,1-5H3,(H,27,33)(H2,25,26,30)/t21-/m1/s1. The summed E-state index contributed by atoms with van der Waals surface area (Å²) < 4.78 is 10.6. The Bertz CT molecular complexity index is 1080. The highest BCUT2D eigenvalue weighted by atomic mass is 32.1. The number of carbonyl (C=O) groups is 2. The van der Waals surface area contributed by atoms with Gasteiger partial charge in [0.05, 0.1) is 24.8 Å². The molecule has 0 bridgehead atoms. The normalized spacial score (nSPS) is 15.8. The average Bonchev–Trinajstić information content (AvgIpc) is 2.77. The van der Waals surface area contributed by atoms with E-state index in [1.807, 2.05) is 32.9 Å². The monoisotopic (exact) mass is 468 g/mol. The molecule has 0 aliphatic carbocycles. The van der Waals surface area contributed by atoms with E-state index in [9.17, 15) is 9.59 Å². The van der Waals surface area contributed by atoms with Gasteiger partial charge in [-0.3, -0.25) is 0 Å². The molecular weight excluding hydrogens is 440 g/mol. The van der Waals surface area contributed by atoms with Crippen molar-refractivity contribution in [1.82, 2.24) is 10.2 Å². The average molecular weight is 469 g/mol. The van der Waals surface area contributed by atoms with Gasteiger partial charge in [-0.05, 0) is 62.8 Å². The maximum absolute atomic E-state index is 12.8. The molecular formula is C24H28N4O4S. The molecule has 2 aromatic carbocycles. The molecule has 2 amide bonds. The molecule has 2 aromatic rings. The van der Waals surface area contributed by atoms with Crippen molar-refractivity contribution in [2.24, 2.45) is 0 Å². The van der Waals surface area contributed by atoms with E-state index >= 15 is 0 Å². The van der Waals surface area contributed by atoms with Crippen LogP contribution in [0.5, 0.6) is 5.75 Å². The first-order chi connectivity index (χ1) is 15.7. The maximum atomic E-state index is 12.8. The van der Waals surface area contributed by atoms with Crippen molar-refractivity contribution in [1.29, 1.82) is 0 Å². The third-order valence-electron chi connectivity index (χ3n) is 5.15. The smallest absolute Gasteiger partial charge is 0.338 e. The summed E-state index contributed by atoms with van der Waals surface area (Å²) in [4.78, 5) is 26.9. The van der Waals surface area contributed by atoms with Crippen molar-refractivity contribution in [3.63, 3.8) is 0 Å². The van der Waals surface area contributed by atoms with E-state index in [2.05, 4.69) is 16.0 Å². The van der Waals surface area contributed by atoms with Crippen LogP contribution in [-0.4, -0.2) is 42.3 Å². The van der Waals surface area contributed by atoms with E-state index < -0.39 is 12.0 Å². The largest absolute Gasteiger partial charge is 0.497 e. The molecule has 0 saturated heterocycles. The van der Waals surface area contributed by atoms with Crippen LogP contribution in [0, 0.1) is 0 Å². The van der Waals surface area contributed by atoms with Crippen LogP contribution in [-0.2, 0) is 9.53 Å². The van der Waals surface area contributed by atoms with Gasteiger partial charge in [0.25, 0.3) is 0 Å². The number of amides is 2. The van der Waals surface area contributed by atoms with Crippen LogP contribution in [0.15, 0.2) is 59.8 Å². The Hall–Kier alpha value is -3.59. The molecule has 1 heterocycles. The number of allylic oxidation sites excluding steroid dienone is 1. The summed E-state index contributed by atoms with van der Waals surface area (Å²) in [6.07, 6.45) is -0.243. The van der Waals surface area contributed by atoms with Gasteiger partial charge in [-0.15, -0.1) is 0 Å². The van der Waals surface area contributed by atoms with Crippen LogP contribution in [0.25, 0.3) is 0 Å². The van der Waals surface area contributed by atoms with E-state index in [0.29, 0.717) is 27.8 Å². The highest BCUT2D eigenvalue weighted by molar-refractivity contribution is 7.80. The Kier molecular flexibility index (Phi) is 7.55. The molecule has 8 nitrogen and oxygen atoms in total. The van der Waals surface area contributed by atoms with Gasteiger partial charge in [0, 0.05) is 30.2 Å². The maximum Gasteiger partial charge on any atom is 0.338 e. The molecule has 0 aromatic heterocycles. The predicted molar refractivity (Wildman–Crippen MR) is 132 cm³/mol. The Morgan fingerprint density at radius 2 is 1.76 bits per heavy atom. The van der Waals surface area contributed by atoms with Gasteiger partial charge in [0.1, 0.15) is 5.75 Å². The van der Waals surface area contributed by atoms with Crippen molar-refractivity contribution >= 4 is 40.7 Å². The molecule has 1 aliphatic rings.